The zero-order chi connectivity index (χ0) is 35.6. The Kier molecular flexibility index (Phi) is 30.6. The molecule has 1 aliphatic heterocycles. The van der Waals surface area contributed by atoms with Gasteiger partial charge in [0.1, 0.15) is 9.84 Å². The van der Waals surface area contributed by atoms with Gasteiger partial charge in [-0.3, -0.25) is 0 Å². The Hall–Kier alpha value is -1.17. The van der Waals surface area contributed by atoms with Crippen molar-refractivity contribution in [3.8, 4) is 0 Å². The van der Waals surface area contributed by atoms with Crippen LogP contribution in [0, 0.1) is 0 Å². The van der Waals surface area contributed by atoms with E-state index in [1.54, 1.807) is 0 Å². The zero-order valence-electron chi connectivity index (χ0n) is 32.7. The zero-order valence-corrected chi connectivity index (χ0v) is 33.5. The molecule has 0 amide bonds. The van der Waals surface area contributed by atoms with Gasteiger partial charge in [-0.05, 0) is 96.3 Å². The lowest BCUT2D eigenvalue weighted by molar-refractivity contribution is -0.180. The van der Waals surface area contributed by atoms with Crippen LogP contribution in [-0.4, -0.2) is 38.9 Å². The predicted molar refractivity (Wildman–Crippen MR) is 215 cm³/mol. The Bertz CT molecular complexity index is 900. The standard InChI is InChI=1S/C44H80O4S/c1-4-6-8-10-12-14-16-18-20-22-24-26-28-30-32-35-39-44(47-42-43(48-44)38-34-37-41-49(3,45)46)40-36-33-31-29-27-25-23-21-19-17-15-13-11-9-7-5-2/h12-15,18-21,43H,4-11,16-17,22-42H2,1-3H3/b14-12-,15-13-,20-18-,21-19-. The molecule has 1 heterocycles. The predicted octanol–water partition coefficient (Wildman–Crippen LogP) is 13.7. The molecular weight excluding hydrogens is 625 g/mol. The third kappa shape index (κ3) is 30.2. The van der Waals surface area contributed by atoms with Gasteiger partial charge in [0.05, 0.1) is 12.7 Å². The topological polar surface area (TPSA) is 52.6 Å². The molecule has 4 nitrogen and oxygen atoms in total. The van der Waals surface area contributed by atoms with Gasteiger partial charge in [0.2, 0.25) is 0 Å². The molecule has 0 radical (unpaired) electrons. The summed E-state index contributed by atoms with van der Waals surface area (Å²) in [5, 5.41) is 0. The first-order valence-corrected chi connectivity index (χ1v) is 23.1. The lowest BCUT2D eigenvalue weighted by Crippen LogP contribution is -2.31. The normalized spacial score (nSPS) is 16.8. The van der Waals surface area contributed by atoms with Gasteiger partial charge < -0.3 is 9.47 Å². The van der Waals surface area contributed by atoms with E-state index in [0.717, 1.165) is 51.4 Å². The van der Waals surface area contributed by atoms with E-state index < -0.39 is 15.6 Å². The summed E-state index contributed by atoms with van der Waals surface area (Å²) >= 11 is 0. The first-order chi connectivity index (χ1) is 23.9. The van der Waals surface area contributed by atoms with Crippen LogP contribution in [0.3, 0.4) is 0 Å². The second-order valence-corrected chi connectivity index (χ2v) is 17.0. The van der Waals surface area contributed by atoms with Crippen molar-refractivity contribution in [3.63, 3.8) is 0 Å². The molecule has 0 N–H and O–H groups in total. The van der Waals surface area contributed by atoms with Gasteiger partial charge in [-0.15, -0.1) is 0 Å². The molecule has 1 rings (SSSR count). The monoisotopic (exact) mass is 705 g/mol. The van der Waals surface area contributed by atoms with Crippen molar-refractivity contribution in [1.29, 1.82) is 0 Å². The average Bonchev–Trinajstić information content (AvgIpc) is 3.48. The van der Waals surface area contributed by atoms with Crippen molar-refractivity contribution in [2.75, 3.05) is 18.6 Å². The molecule has 0 spiro atoms. The molecule has 0 aromatic heterocycles. The van der Waals surface area contributed by atoms with E-state index >= 15 is 0 Å². The molecule has 49 heavy (non-hydrogen) atoms. The van der Waals surface area contributed by atoms with Gasteiger partial charge in [-0.1, -0.05) is 140 Å². The maximum Gasteiger partial charge on any atom is 0.168 e. The van der Waals surface area contributed by atoms with Gasteiger partial charge in [0.25, 0.3) is 0 Å². The van der Waals surface area contributed by atoms with Crippen LogP contribution in [0.15, 0.2) is 48.6 Å². The van der Waals surface area contributed by atoms with Crippen LogP contribution in [0.4, 0.5) is 0 Å². The van der Waals surface area contributed by atoms with Crippen LogP contribution in [0.25, 0.3) is 0 Å². The lowest BCUT2D eigenvalue weighted by Gasteiger charge is -2.28. The number of rotatable bonds is 35. The summed E-state index contributed by atoms with van der Waals surface area (Å²) in [5.41, 5.74) is 0. The molecule has 1 atom stereocenters. The fraction of sp³-hybridized carbons (Fsp3) is 0.818. The third-order valence-electron chi connectivity index (χ3n) is 9.72. The number of unbranched alkanes of at least 4 members (excludes halogenated alkanes) is 19. The van der Waals surface area contributed by atoms with E-state index in [2.05, 4.69) is 62.5 Å². The fourth-order valence-electron chi connectivity index (χ4n) is 6.65. The molecule has 286 valence electrons. The summed E-state index contributed by atoms with van der Waals surface area (Å²) < 4.78 is 36.1. The van der Waals surface area contributed by atoms with Crippen molar-refractivity contribution in [2.45, 2.75) is 212 Å². The lowest BCUT2D eigenvalue weighted by atomic mass is 9.98. The second-order valence-electron chi connectivity index (χ2n) is 14.8. The minimum atomic E-state index is -2.89. The largest absolute Gasteiger partial charge is 0.347 e. The van der Waals surface area contributed by atoms with Crippen LogP contribution in [0.1, 0.15) is 200 Å². The van der Waals surface area contributed by atoms with Gasteiger partial charge in [0.15, 0.2) is 5.79 Å². The minimum absolute atomic E-state index is 0.105. The first kappa shape index (κ1) is 45.9. The van der Waals surface area contributed by atoms with Gasteiger partial charge in [0, 0.05) is 24.9 Å². The number of hydrogen-bond donors (Lipinski definition) is 0. The summed E-state index contributed by atoms with van der Waals surface area (Å²) in [4.78, 5) is 0. The average molecular weight is 705 g/mol. The van der Waals surface area contributed by atoms with Crippen molar-refractivity contribution in [1.82, 2.24) is 0 Å². The molecule has 1 fully saturated rings. The van der Waals surface area contributed by atoms with Crippen LogP contribution >= 0.6 is 0 Å². The smallest absolute Gasteiger partial charge is 0.168 e. The van der Waals surface area contributed by atoms with Gasteiger partial charge in [-0.25, -0.2) is 8.42 Å². The quantitative estimate of drug-likeness (QED) is 0.0487. The Morgan fingerprint density at radius 3 is 1.37 bits per heavy atom. The fourth-order valence-corrected chi connectivity index (χ4v) is 7.38. The summed E-state index contributed by atoms with van der Waals surface area (Å²) in [6.07, 6.45) is 54.8. The van der Waals surface area contributed by atoms with Crippen molar-refractivity contribution < 1.29 is 17.9 Å². The molecule has 0 aromatic carbocycles. The minimum Gasteiger partial charge on any atom is -0.347 e. The third-order valence-corrected chi connectivity index (χ3v) is 10.8. The molecule has 0 bridgehead atoms. The van der Waals surface area contributed by atoms with E-state index in [9.17, 15) is 8.42 Å². The molecule has 0 aliphatic carbocycles. The van der Waals surface area contributed by atoms with Crippen LogP contribution in [0.2, 0.25) is 0 Å². The summed E-state index contributed by atoms with van der Waals surface area (Å²) in [7, 11) is -2.89. The van der Waals surface area contributed by atoms with E-state index in [1.165, 1.54) is 135 Å². The van der Waals surface area contributed by atoms with Gasteiger partial charge >= 0.3 is 0 Å². The summed E-state index contributed by atoms with van der Waals surface area (Å²) in [6, 6.07) is 0. The number of allylic oxidation sites excluding steroid dienone is 8. The van der Waals surface area contributed by atoms with Crippen LogP contribution < -0.4 is 0 Å². The van der Waals surface area contributed by atoms with Crippen LogP contribution in [-0.2, 0) is 19.3 Å². The van der Waals surface area contributed by atoms with E-state index in [-0.39, 0.29) is 11.9 Å². The van der Waals surface area contributed by atoms with Crippen LogP contribution in [0.5, 0.6) is 0 Å². The highest BCUT2D eigenvalue weighted by Crippen LogP contribution is 2.36. The molecular formula is C44H80O4S. The van der Waals surface area contributed by atoms with Gasteiger partial charge in [-0.2, -0.15) is 0 Å². The first-order valence-electron chi connectivity index (χ1n) is 21.0. The van der Waals surface area contributed by atoms with E-state index in [1.807, 2.05) is 0 Å². The Labute approximate surface area is 306 Å². The highest BCUT2D eigenvalue weighted by atomic mass is 32.2. The molecule has 0 aromatic rings. The summed E-state index contributed by atoms with van der Waals surface area (Å²) in [5.74, 6) is -0.155. The second kappa shape index (κ2) is 32.7. The molecule has 1 aliphatic rings. The number of sulfone groups is 1. The SMILES string of the molecule is CCCCC/C=C\C/C=C\CCCCCCCCC1(CCCCCCCC/C=C\C/C=C\CCCCC)OCC(CCCCS(C)(=O)=O)O1. The molecule has 1 unspecified atom stereocenters. The number of hydrogen-bond acceptors (Lipinski definition) is 4. The number of ether oxygens (including phenoxy) is 2. The maximum atomic E-state index is 11.5. The van der Waals surface area contributed by atoms with Crippen molar-refractivity contribution >= 4 is 9.84 Å². The Morgan fingerprint density at radius 2 is 0.939 bits per heavy atom. The van der Waals surface area contributed by atoms with Crippen molar-refractivity contribution in [3.05, 3.63) is 48.6 Å². The molecule has 0 saturated carbocycles. The Morgan fingerprint density at radius 1 is 0.531 bits per heavy atom. The highest BCUT2D eigenvalue weighted by molar-refractivity contribution is 7.90. The van der Waals surface area contributed by atoms with E-state index in [0.29, 0.717) is 13.0 Å². The van der Waals surface area contributed by atoms with Crippen molar-refractivity contribution in [2.24, 2.45) is 0 Å². The van der Waals surface area contributed by atoms with E-state index in [4.69, 9.17) is 9.47 Å². The Balaban J connectivity index is 2.25. The molecule has 5 heteroatoms. The summed E-state index contributed by atoms with van der Waals surface area (Å²) in [6.45, 7) is 5.17. The maximum absolute atomic E-state index is 11.5. The molecule has 1 saturated heterocycles. The highest BCUT2D eigenvalue weighted by Gasteiger charge is 2.40.